The number of aromatic nitrogens is 1. The Hall–Kier alpha value is -1.43. The molecule has 0 saturated heterocycles. The predicted octanol–water partition coefficient (Wildman–Crippen LogP) is 5.11. The fourth-order valence-electron chi connectivity index (χ4n) is 3.13. The van der Waals surface area contributed by atoms with Gasteiger partial charge in [0, 0.05) is 42.2 Å². The highest BCUT2D eigenvalue weighted by Gasteiger charge is 2.14. The molecule has 0 bridgehead atoms. The summed E-state index contributed by atoms with van der Waals surface area (Å²) in [6, 6.07) is 6.91. The summed E-state index contributed by atoms with van der Waals surface area (Å²) in [4.78, 5) is 4.29. The zero-order valence-electron chi connectivity index (χ0n) is 14.4. The molecular formula is C19H24Cl2F2N2O. The van der Waals surface area contributed by atoms with Crippen LogP contribution in [0.15, 0.2) is 36.7 Å². The van der Waals surface area contributed by atoms with Crippen LogP contribution in [0.5, 0.6) is 5.75 Å². The Balaban J connectivity index is 0.00000169. The molecule has 1 fully saturated rings. The smallest absolute Gasteiger partial charge is 0.130 e. The Morgan fingerprint density at radius 2 is 1.88 bits per heavy atom. The van der Waals surface area contributed by atoms with Crippen molar-refractivity contribution in [2.45, 2.75) is 38.3 Å². The number of benzene rings is 1. The number of nitrogens with one attached hydrogen (secondary N) is 1. The maximum Gasteiger partial charge on any atom is 0.130 e. The molecule has 0 unspecified atom stereocenters. The number of ether oxygens (including phenoxy) is 1. The molecule has 7 heteroatoms. The van der Waals surface area contributed by atoms with Crippen LogP contribution >= 0.6 is 24.8 Å². The van der Waals surface area contributed by atoms with E-state index in [0.717, 1.165) is 23.2 Å². The molecule has 26 heavy (non-hydrogen) atoms. The molecule has 1 saturated carbocycles. The average Bonchev–Trinajstić information content (AvgIpc) is 3.12. The van der Waals surface area contributed by atoms with E-state index in [1.807, 2.05) is 12.3 Å². The van der Waals surface area contributed by atoms with Crippen LogP contribution in [0.1, 0.15) is 31.2 Å². The van der Waals surface area contributed by atoms with Crippen LogP contribution in [-0.4, -0.2) is 24.3 Å². The van der Waals surface area contributed by atoms with E-state index in [4.69, 9.17) is 4.74 Å². The van der Waals surface area contributed by atoms with Crippen molar-refractivity contribution in [3.05, 3.63) is 48.0 Å². The van der Waals surface area contributed by atoms with Crippen molar-refractivity contribution in [1.29, 1.82) is 0 Å². The number of rotatable bonds is 7. The second-order valence-corrected chi connectivity index (χ2v) is 6.12. The molecule has 1 aromatic carbocycles. The number of pyridine rings is 1. The van der Waals surface area contributed by atoms with Crippen LogP contribution in [0.3, 0.4) is 0 Å². The molecule has 0 spiro atoms. The van der Waals surface area contributed by atoms with Crippen molar-refractivity contribution in [3.63, 3.8) is 0 Å². The lowest BCUT2D eigenvalue weighted by Crippen LogP contribution is -2.25. The van der Waals surface area contributed by atoms with Crippen LogP contribution in [0.4, 0.5) is 8.78 Å². The molecule has 1 N–H and O–H groups in total. The lowest BCUT2D eigenvalue weighted by molar-refractivity contribution is 0.273. The van der Waals surface area contributed by atoms with Gasteiger partial charge in [0.05, 0.1) is 0 Å². The summed E-state index contributed by atoms with van der Waals surface area (Å²) in [5.41, 5.74) is 2.63. The van der Waals surface area contributed by atoms with E-state index < -0.39 is 12.5 Å². The van der Waals surface area contributed by atoms with Gasteiger partial charge < -0.3 is 10.1 Å². The van der Waals surface area contributed by atoms with Crippen LogP contribution < -0.4 is 10.1 Å². The summed E-state index contributed by atoms with van der Waals surface area (Å²) < 4.78 is 31.2. The van der Waals surface area contributed by atoms with E-state index in [0.29, 0.717) is 11.8 Å². The van der Waals surface area contributed by atoms with Gasteiger partial charge in [0.25, 0.3) is 0 Å². The number of nitrogens with zero attached hydrogens (tertiary/aromatic N) is 1. The number of alkyl halides is 1. The second kappa shape index (κ2) is 11.3. The first-order chi connectivity index (χ1) is 11.8. The van der Waals surface area contributed by atoms with Crippen LogP contribution in [0.2, 0.25) is 0 Å². The molecule has 144 valence electrons. The zero-order chi connectivity index (χ0) is 16.8. The highest BCUT2D eigenvalue weighted by atomic mass is 35.5. The molecule has 1 heterocycles. The molecule has 2 aromatic rings. The number of hydrogen-bond donors (Lipinski definition) is 1. The summed E-state index contributed by atoms with van der Waals surface area (Å²) in [6.45, 7) is 0.0553. The highest BCUT2D eigenvalue weighted by molar-refractivity contribution is 5.85. The summed E-state index contributed by atoms with van der Waals surface area (Å²) in [5.74, 6) is -0.0602. The van der Waals surface area contributed by atoms with Crippen molar-refractivity contribution in [3.8, 4) is 16.9 Å². The molecule has 1 aliphatic rings. The molecule has 3 nitrogen and oxygen atoms in total. The van der Waals surface area contributed by atoms with Crippen molar-refractivity contribution in [1.82, 2.24) is 10.3 Å². The molecule has 1 aliphatic carbocycles. The van der Waals surface area contributed by atoms with E-state index in [1.165, 1.54) is 37.8 Å². The average molecular weight is 405 g/mol. The van der Waals surface area contributed by atoms with Gasteiger partial charge in [-0.05, 0) is 36.6 Å². The minimum Gasteiger partial charge on any atom is -0.490 e. The maximum atomic E-state index is 13.5. The Bertz CT molecular complexity index is 682. The molecular weight excluding hydrogens is 381 g/mol. The van der Waals surface area contributed by atoms with Gasteiger partial charge in [-0.15, -0.1) is 24.8 Å². The number of halogens is 4. The lowest BCUT2D eigenvalue weighted by Gasteiger charge is -2.14. The van der Waals surface area contributed by atoms with Crippen molar-refractivity contribution < 1.29 is 13.5 Å². The third-order valence-electron chi connectivity index (χ3n) is 4.33. The predicted molar refractivity (Wildman–Crippen MR) is 105 cm³/mol. The Morgan fingerprint density at radius 1 is 1.12 bits per heavy atom. The van der Waals surface area contributed by atoms with Crippen molar-refractivity contribution in [2.24, 2.45) is 0 Å². The van der Waals surface area contributed by atoms with Gasteiger partial charge in [-0.3, -0.25) is 4.98 Å². The van der Waals surface area contributed by atoms with Gasteiger partial charge in [-0.25, -0.2) is 8.78 Å². The molecule has 3 rings (SSSR count). The summed E-state index contributed by atoms with van der Waals surface area (Å²) in [5, 5.41) is 3.55. The Morgan fingerprint density at radius 3 is 2.62 bits per heavy atom. The maximum absolute atomic E-state index is 13.5. The first-order valence-corrected chi connectivity index (χ1v) is 8.42. The van der Waals surface area contributed by atoms with E-state index in [1.54, 1.807) is 12.3 Å². The van der Waals surface area contributed by atoms with Crippen LogP contribution in [0.25, 0.3) is 11.1 Å². The third-order valence-corrected chi connectivity index (χ3v) is 4.33. The third kappa shape index (κ3) is 6.08. The van der Waals surface area contributed by atoms with Gasteiger partial charge in [-0.2, -0.15) is 0 Å². The molecule has 0 aliphatic heterocycles. The monoisotopic (exact) mass is 404 g/mol. The van der Waals surface area contributed by atoms with Crippen LogP contribution in [0, 0.1) is 5.82 Å². The molecule has 1 aromatic heterocycles. The second-order valence-electron chi connectivity index (χ2n) is 6.12. The number of hydrogen-bond acceptors (Lipinski definition) is 3. The summed E-state index contributed by atoms with van der Waals surface area (Å²) >= 11 is 0. The van der Waals surface area contributed by atoms with Crippen LogP contribution in [-0.2, 0) is 6.54 Å². The fourth-order valence-corrected chi connectivity index (χ4v) is 3.13. The van der Waals surface area contributed by atoms with E-state index >= 15 is 0 Å². The molecule has 0 amide bonds. The van der Waals surface area contributed by atoms with Gasteiger partial charge in [0.15, 0.2) is 0 Å². The molecule has 0 atom stereocenters. The Kier molecular flexibility index (Phi) is 9.84. The van der Waals surface area contributed by atoms with E-state index in [2.05, 4.69) is 10.3 Å². The van der Waals surface area contributed by atoms with Gasteiger partial charge in [0.1, 0.15) is 24.8 Å². The van der Waals surface area contributed by atoms with Gasteiger partial charge >= 0.3 is 0 Å². The zero-order valence-corrected chi connectivity index (χ0v) is 16.1. The van der Waals surface area contributed by atoms with E-state index in [-0.39, 0.29) is 31.4 Å². The summed E-state index contributed by atoms with van der Waals surface area (Å²) in [7, 11) is 0. The quantitative estimate of drug-likeness (QED) is 0.695. The molecule has 0 radical (unpaired) electrons. The summed E-state index contributed by atoms with van der Waals surface area (Å²) in [6.07, 6.45) is 8.59. The van der Waals surface area contributed by atoms with Crippen molar-refractivity contribution >= 4 is 24.8 Å². The normalized spacial score (nSPS) is 13.8. The highest BCUT2D eigenvalue weighted by Crippen LogP contribution is 2.31. The van der Waals surface area contributed by atoms with Gasteiger partial charge in [-0.1, -0.05) is 12.8 Å². The minimum absolute atomic E-state index is 0. The van der Waals surface area contributed by atoms with E-state index in [9.17, 15) is 8.78 Å². The lowest BCUT2D eigenvalue weighted by atomic mass is 10.0. The SMILES string of the molecule is Cl.Cl.FCCOc1cc(F)ccc1-c1cncc(CNC2CCCC2)c1. The standard InChI is InChI=1S/C19H22F2N2O.2ClH/c20-7-8-24-19-10-16(21)5-6-18(19)15-9-14(11-22-13-15)12-23-17-3-1-2-4-17;;/h5-6,9-11,13,17,23H,1-4,7-8,12H2;2*1H. The largest absolute Gasteiger partial charge is 0.490 e. The van der Waals surface area contributed by atoms with Crippen molar-refractivity contribution in [2.75, 3.05) is 13.3 Å². The topological polar surface area (TPSA) is 34.1 Å². The first-order valence-electron chi connectivity index (χ1n) is 8.42. The van der Waals surface area contributed by atoms with Gasteiger partial charge in [0.2, 0.25) is 0 Å². The minimum atomic E-state index is -0.612. The first kappa shape index (κ1) is 22.6. The fraction of sp³-hybridized carbons (Fsp3) is 0.421. The Labute approximate surface area is 165 Å².